The molecule has 0 aromatic heterocycles. The number of benzene rings is 1. The number of carbonyl (C=O) groups excluding carboxylic acids is 2. The van der Waals surface area contributed by atoms with Crippen molar-refractivity contribution in [3.05, 3.63) is 35.6 Å². The molecule has 0 saturated carbocycles. The number of nitrogens with zero attached hydrogens (tertiary/aromatic N) is 1. The second-order valence-corrected chi connectivity index (χ2v) is 4.99. The summed E-state index contributed by atoms with van der Waals surface area (Å²) >= 11 is 0. The molecule has 0 radical (unpaired) electrons. The molecular weight excluding hydrogens is 275 g/mol. The summed E-state index contributed by atoms with van der Waals surface area (Å²) in [6.45, 7) is 2.28. The fourth-order valence-corrected chi connectivity index (χ4v) is 2.37. The van der Waals surface area contributed by atoms with Crippen LogP contribution in [0.5, 0.6) is 0 Å². The molecule has 1 saturated heterocycles. The van der Waals surface area contributed by atoms with E-state index in [1.807, 2.05) is 6.92 Å². The Morgan fingerprint density at radius 2 is 2.19 bits per heavy atom. The van der Waals surface area contributed by atoms with Gasteiger partial charge >= 0.3 is 0 Å². The van der Waals surface area contributed by atoms with Crippen LogP contribution in [0.1, 0.15) is 24.9 Å². The Labute approximate surface area is 123 Å². The Hall–Kier alpha value is -1.95. The molecule has 0 unspecified atom stereocenters. The fraction of sp³-hybridized carbons (Fsp3) is 0.467. The van der Waals surface area contributed by atoms with Gasteiger partial charge in [-0.2, -0.15) is 0 Å². The van der Waals surface area contributed by atoms with E-state index in [1.54, 1.807) is 25.2 Å². The number of ether oxygens (including phenoxy) is 1. The molecule has 1 aliphatic rings. The first kappa shape index (κ1) is 15.4. The van der Waals surface area contributed by atoms with Crippen molar-refractivity contribution in [3.8, 4) is 0 Å². The standard InChI is InChI=1S/C15H19FN2O3/c1-3-8-17-15(20)14-13(18(2)12(19)9-21-14)10-6-4-5-7-11(10)16/h4-7,13-14H,3,8-9H2,1-2H3,(H,17,20)/t13-,14-/m1/s1. The van der Waals surface area contributed by atoms with Crippen molar-refractivity contribution < 1.29 is 18.7 Å². The topological polar surface area (TPSA) is 58.6 Å². The van der Waals surface area contributed by atoms with Gasteiger partial charge in [0.2, 0.25) is 5.91 Å². The number of hydrogen-bond donors (Lipinski definition) is 1. The molecule has 0 aliphatic carbocycles. The van der Waals surface area contributed by atoms with Crippen molar-refractivity contribution in [2.24, 2.45) is 0 Å². The smallest absolute Gasteiger partial charge is 0.251 e. The van der Waals surface area contributed by atoms with Crippen molar-refractivity contribution in [1.29, 1.82) is 0 Å². The first-order chi connectivity index (χ1) is 10.1. The van der Waals surface area contributed by atoms with Crippen molar-refractivity contribution in [3.63, 3.8) is 0 Å². The third-order valence-corrected chi connectivity index (χ3v) is 3.52. The van der Waals surface area contributed by atoms with Gasteiger partial charge in [-0.25, -0.2) is 4.39 Å². The van der Waals surface area contributed by atoms with E-state index in [9.17, 15) is 14.0 Å². The molecule has 2 atom stereocenters. The number of carbonyl (C=O) groups is 2. The van der Waals surface area contributed by atoms with Crippen molar-refractivity contribution in [2.75, 3.05) is 20.2 Å². The summed E-state index contributed by atoms with van der Waals surface area (Å²) in [6, 6.07) is 5.36. The minimum absolute atomic E-state index is 0.175. The zero-order chi connectivity index (χ0) is 15.4. The number of hydrogen-bond acceptors (Lipinski definition) is 3. The van der Waals surface area contributed by atoms with Crippen LogP contribution in [0, 0.1) is 5.82 Å². The van der Waals surface area contributed by atoms with Gasteiger partial charge in [0, 0.05) is 19.2 Å². The molecule has 1 N–H and O–H groups in total. The van der Waals surface area contributed by atoms with Crippen molar-refractivity contribution >= 4 is 11.8 Å². The Morgan fingerprint density at radius 3 is 2.86 bits per heavy atom. The Kier molecular flexibility index (Phi) is 4.90. The number of halogens is 1. The van der Waals surface area contributed by atoms with Crippen LogP contribution in [0.15, 0.2) is 24.3 Å². The molecule has 21 heavy (non-hydrogen) atoms. The van der Waals surface area contributed by atoms with Crippen LogP contribution in [0.2, 0.25) is 0 Å². The molecule has 5 nitrogen and oxygen atoms in total. The van der Waals surface area contributed by atoms with Crippen LogP contribution in [-0.4, -0.2) is 43.0 Å². The maximum atomic E-state index is 14.0. The number of morpholine rings is 1. The molecule has 1 heterocycles. The summed E-state index contributed by atoms with van der Waals surface area (Å²) in [5.74, 6) is -1.06. The van der Waals surface area contributed by atoms with Gasteiger partial charge in [0.15, 0.2) is 6.10 Å². The van der Waals surface area contributed by atoms with E-state index < -0.39 is 18.0 Å². The van der Waals surface area contributed by atoms with Crippen LogP contribution in [0.25, 0.3) is 0 Å². The van der Waals surface area contributed by atoms with Gasteiger partial charge in [0.25, 0.3) is 5.91 Å². The highest BCUT2D eigenvalue weighted by Crippen LogP contribution is 2.30. The molecule has 0 bridgehead atoms. The maximum absolute atomic E-state index is 14.0. The Bertz CT molecular complexity index is 535. The molecular formula is C15H19FN2O3. The van der Waals surface area contributed by atoms with Crippen molar-refractivity contribution in [2.45, 2.75) is 25.5 Å². The third-order valence-electron chi connectivity index (χ3n) is 3.52. The second-order valence-electron chi connectivity index (χ2n) is 4.99. The van der Waals surface area contributed by atoms with E-state index in [-0.39, 0.29) is 24.0 Å². The van der Waals surface area contributed by atoms with E-state index in [2.05, 4.69) is 5.32 Å². The van der Waals surface area contributed by atoms with Crippen LogP contribution in [0.4, 0.5) is 4.39 Å². The first-order valence-electron chi connectivity index (χ1n) is 6.95. The average Bonchev–Trinajstić information content (AvgIpc) is 2.48. The molecule has 2 amide bonds. The Morgan fingerprint density at radius 1 is 1.48 bits per heavy atom. The molecule has 1 fully saturated rings. The minimum Gasteiger partial charge on any atom is -0.356 e. The number of nitrogens with one attached hydrogen (secondary N) is 1. The normalized spacial score (nSPS) is 22.2. The molecule has 6 heteroatoms. The average molecular weight is 294 g/mol. The lowest BCUT2D eigenvalue weighted by Crippen LogP contribution is -2.53. The lowest BCUT2D eigenvalue weighted by Gasteiger charge is -2.38. The van der Waals surface area contributed by atoms with Crippen molar-refractivity contribution in [1.82, 2.24) is 10.2 Å². The highest BCUT2D eigenvalue weighted by molar-refractivity contribution is 5.86. The van der Waals surface area contributed by atoms with Gasteiger partial charge < -0.3 is 15.0 Å². The number of likely N-dealkylation sites (N-methyl/N-ethyl adjacent to an activating group) is 1. The lowest BCUT2D eigenvalue weighted by molar-refractivity contribution is -0.162. The van der Waals surface area contributed by atoms with E-state index in [0.717, 1.165) is 6.42 Å². The summed E-state index contributed by atoms with van der Waals surface area (Å²) in [5, 5.41) is 2.73. The summed E-state index contributed by atoms with van der Waals surface area (Å²) in [5.41, 5.74) is 0.282. The SMILES string of the molecule is CCCNC(=O)[C@@H]1OCC(=O)N(C)[C@@H]1c1ccccc1F. The second kappa shape index (κ2) is 6.67. The Balaban J connectivity index is 2.32. The lowest BCUT2D eigenvalue weighted by atomic mass is 9.97. The van der Waals surface area contributed by atoms with E-state index in [0.29, 0.717) is 6.54 Å². The maximum Gasteiger partial charge on any atom is 0.251 e. The molecule has 0 spiro atoms. The van der Waals surface area contributed by atoms with Gasteiger partial charge in [-0.3, -0.25) is 9.59 Å². The summed E-state index contributed by atoms with van der Waals surface area (Å²) in [7, 11) is 1.56. The van der Waals surface area contributed by atoms with Crippen LogP contribution in [0.3, 0.4) is 0 Å². The molecule has 1 aromatic carbocycles. The first-order valence-corrected chi connectivity index (χ1v) is 6.95. The van der Waals surface area contributed by atoms with Crippen LogP contribution >= 0.6 is 0 Å². The van der Waals surface area contributed by atoms with Gasteiger partial charge in [-0.15, -0.1) is 0 Å². The molecule has 1 aliphatic heterocycles. The largest absolute Gasteiger partial charge is 0.356 e. The van der Waals surface area contributed by atoms with Gasteiger partial charge in [0.05, 0.1) is 6.04 Å². The molecule has 114 valence electrons. The van der Waals surface area contributed by atoms with E-state index in [1.165, 1.54) is 11.0 Å². The zero-order valence-electron chi connectivity index (χ0n) is 12.1. The predicted molar refractivity (Wildman–Crippen MR) is 75.0 cm³/mol. The van der Waals surface area contributed by atoms with Gasteiger partial charge in [-0.05, 0) is 12.5 Å². The van der Waals surface area contributed by atoms with E-state index in [4.69, 9.17) is 4.74 Å². The highest BCUT2D eigenvalue weighted by atomic mass is 19.1. The number of amides is 2. The minimum atomic E-state index is -0.906. The summed E-state index contributed by atoms with van der Waals surface area (Å²) < 4.78 is 19.4. The predicted octanol–water partition coefficient (Wildman–Crippen LogP) is 1.25. The number of rotatable bonds is 4. The van der Waals surface area contributed by atoms with Crippen LogP contribution < -0.4 is 5.32 Å². The fourth-order valence-electron chi connectivity index (χ4n) is 2.37. The zero-order valence-corrected chi connectivity index (χ0v) is 12.1. The van der Waals surface area contributed by atoms with Gasteiger partial charge in [-0.1, -0.05) is 25.1 Å². The highest BCUT2D eigenvalue weighted by Gasteiger charge is 2.40. The van der Waals surface area contributed by atoms with Gasteiger partial charge in [0.1, 0.15) is 12.4 Å². The summed E-state index contributed by atoms with van der Waals surface area (Å²) in [4.78, 5) is 25.4. The quantitative estimate of drug-likeness (QED) is 0.909. The summed E-state index contributed by atoms with van der Waals surface area (Å²) in [6.07, 6.45) is -0.117. The molecule has 2 rings (SSSR count). The van der Waals surface area contributed by atoms with E-state index >= 15 is 0 Å². The van der Waals surface area contributed by atoms with Crippen LogP contribution in [-0.2, 0) is 14.3 Å². The molecule has 1 aromatic rings. The monoisotopic (exact) mass is 294 g/mol. The third kappa shape index (κ3) is 3.21.